The van der Waals surface area contributed by atoms with Gasteiger partial charge in [0.05, 0.1) is 12.0 Å². The zero-order chi connectivity index (χ0) is 17.7. The van der Waals surface area contributed by atoms with Gasteiger partial charge in [0.25, 0.3) is 5.91 Å². The van der Waals surface area contributed by atoms with E-state index in [1.807, 2.05) is 44.2 Å². The highest BCUT2D eigenvalue weighted by atomic mass is 16.6. The fourth-order valence-corrected chi connectivity index (χ4v) is 2.40. The maximum Gasteiger partial charge on any atom is 0.311 e. The maximum absolute atomic E-state index is 12.8. The third-order valence-electron chi connectivity index (χ3n) is 3.70. The summed E-state index contributed by atoms with van der Waals surface area (Å²) in [6.07, 6.45) is 0. The number of rotatable bonds is 6. The van der Waals surface area contributed by atoms with E-state index in [9.17, 15) is 14.9 Å². The van der Waals surface area contributed by atoms with Crippen molar-refractivity contribution in [2.75, 3.05) is 7.11 Å². The molecule has 0 fully saturated rings. The van der Waals surface area contributed by atoms with Crippen molar-refractivity contribution in [3.8, 4) is 5.75 Å². The molecule has 0 aliphatic rings. The molecule has 126 valence electrons. The zero-order valence-electron chi connectivity index (χ0n) is 13.9. The van der Waals surface area contributed by atoms with Crippen LogP contribution in [-0.4, -0.2) is 28.9 Å². The lowest BCUT2D eigenvalue weighted by Gasteiger charge is -2.27. The van der Waals surface area contributed by atoms with Crippen LogP contribution in [-0.2, 0) is 6.54 Å². The van der Waals surface area contributed by atoms with Gasteiger partial charge in [-0.05, 0) is 31.5 Å². The summed E-state index contributed by atoms with van der Waals surface area (Å²) in [7, 11) is 1.36. The number of benzene rings is 2. The first-order valence-electron chi connectivity index (χ1n) is 7.61. The van der Waals surface area contributed by atoms with Crippen molar-refractivity contribution in [2.45, 2.75) is 26.4 Å². The molecule has 6 heteroatoms. The van der Waals surface area contributed by atoms with E-state index in [4.69, 9.17) is 4.74 Å². The molecule has 2 rings (SSSR count). The number of carbonyl (C=O) groups is 1. The molecule has 0 aliphatic carbocycles. The van der Waals surface area contributed by atoms with Crippen LogP contribution in [0.4, 0.5) is 5.69 Å². The molecule has 2 aromatic carbocycles. The molecule has 0 spiro atoms. The Morgan fingerprint density at radius 1 is 1.21 bits per heavy atom. The van der Waals surface area contributed by atoms with Gasteiger partial charge in [-0.1, -0.05) is 30.3 Å². The first-order chi connectivity index (χ1) is 11.4. The second kappa shape index (κ2) is 7.59. The quantitative estimate of drug-likeness (QED) is 0.599. The molecule has 24 heavy (non-hydrogen) atoms. The second-order valence-corrected chi connectivity index (χ2v) is 5.66. The van der Waals surface area contributed by atoms with E-state index in [1.165, 1.54) is 19.2 Å². The SMILES string of the molecule is COc1ccc(C(=O)N(Cc2ccccc2)C(C)C)cc1[N+](=O)[O-]. The highest BCUT2D eigenvalue weighted by Gasteiger charge is 2.23. The number of amides is 1. The van der Waals surface area contributed by atoms with E-state index in [0.29, 0.717) is 6.54 Å². The molecular weight excluding hydrogens is 308 g/mol. The monoisotopic (exact) mass is 328 g/mol. The summed E-state index contributed by atoms with van der Waals surface area (Å²) >= 11 is 0. The summed E-state index contributed by atoms with van der Waals surface area (Å²) in [5.41, 5.74) is 1.06. The van der Waals surface area contributed by atoms with E-state index in [0.717, 1.165) is 5.56 Å². The molecular formula is C18H20N2O4. The summed E-state index contributed by atoms with van der Waals surface area (Å²) in [4.78, 5) is 25.1. The molecule has 0 saturated heterocycles. The zero-order valence-corrected chi connectivity index (χ0v) is 13.9. The summed E-state index contributed by atoms with van der Waals surface area (Å²) in [6, 6.07) is 13.9. The van der Waals surface area contributed by atoms with Crippen LogP contribution in [0.1, 0.15) is 29.8 Å². The smallest absolute Gasteiger partial charge is 0.311 e. The van der Waals surface area contributed by atoms with Crippen molar-refractivity contribution in [3.05, 3.63) is 69.8 Å². The van der Waals surface area contributed by atoms with Gasteiger partial charge in [0.2, 0.25) is 0 Å². The van der Waals surface area contributed by atoms with Crippen LogP contribution in [0.5, 0.6) is 5.75 Å². The number of carbonyl (C=O) groups excluding carboxylic acids is 1. The molecule has 0 aromatic heterocycles. The number of ether oxygens (including phenoxy) is 1. The first-order valence-corrected chi connectivity index (χ1v) is 7.61. The number of nitro groups is 1. The van der Waals surface area contributed by atoms with E-state index >= 15 is 0 Å². The summed E-state index contributed by atoms with van der Waals surface area (Å²) in [6.45, 7) is 4.27. The van der Waals surface area contributed by atoms with Gasteiger partial charge in [0.1, 0.15) is 0 Å². The maximum atomic E-state index is 12.8. The van der Waals surface area contributed by atoms with Crippen molar-refractivity contribution in [1.29, 1.82) is 0 Å². The minimum atomic E-state index is -0.549. The van der Waals surface area contributed by atoms with Gasteiger partial charge in [-0.25, -0.2) is 0 Å². The Hall–Kier alpha value is -2.89. The predicted molar refractivity (Wildman–Crippen MR) is 91.1 cm³/mol. The number of nitrogens with zero attached hydrogens (tertiary/aromatic N) is 2. The average molecular weight is 328 g/mol. The molecule has 0 saturated carbocycles. The second-order valence-electron chi connectivity index (χ2n) is 5.66. The summed E-state index contributed by atoms with van der Waals surface area (Å²) in [5, 5.41) is 11.2. The summed E-state index contributed by atoms with van der Waals surface area (Å²) < 4.78 is 4.98. The van der Waals surface area contributed by atoms with E-state index in [2.05, 4.69) is 0 Å². The van der Waals surface area contributed by atoms with Gasteiger partial charge in [-0.3, -0.25) is 14.9 Å². The Labute approximate surface area is 140 Å². The van der Waals surface area contributed by atoms with Crippen molar-refractivity contribution >= 4 is 11.6 Å². The number of methoxy groups -OCH3 is 1. The fourth-order valence-electron chi connectivity index (χ4n) is 2.40. The molecule has 0 bridgehead atoms. The van der Waals surface area contributed by atoms with Gasteiger partial charge in [0.15, 0.2) is 5.75 Å². The van der Waals surface area contributed by atoms with Gasteiger partial charge in [-0.15, -0.1) is 0 Å². The highest BCUT2D eigenvalue weighted by Crippen LogP contribution is 2.28. The average Bonchev–Trinajstić information content (AvgIpc) is 2.59. The Balaban J connectivity index is 2.33. The number of hydrogen-bond donors (Lipinski definition) is 0. The molecule has 0 atom stereocenters. The number of hydrogen-bond acceptors (Lipinski definition) is 4. The normalized spacial score (nSPS) is 10.5. The fraction of sp³-hybridized carbons (Fsp3) is 0.278. The van der Waals surface area contributed by atoms with Crippen molar-refractivity contribution in [3.63, 3.8) is 0 Å². The van der Waals surface area contributed by atoms with Crippen molar-refractivity contribution in [2.24, 2.45) is 0 Å². The minimum absolute atomic E-state index is 0.0427. The third-order valence-corrected chi connectivity index (χ3v) is 3.70. The van der Waals surface area contributed by atoms with Gasteiger partial charge >= 0.3 is 5.69 Å². The van der Waals surface area contributed by atoms with Gasteiger partial charge in [0, 0.05) is 24.2 Å². The van der Waals surface area contributed by atoms with Gasteiger partial charge in [-0.2, -0.15) is 0 Å². The lowest BCUT2D eigenvalue weighted by atomic mass is 10.1. The van der Waals surface area contributed by atoms with E-state index in [-0.39, 0.29) is 28.9 Å². The van der Waals surface area contributed by atoms with E-state index in [1.54, 1.807) is 11.0 Å². The molecule has 1 amide bonds. The Morgan fingerprint density at radius 3 is 2.42 bits per heavy atom. The molecule has 0 N–H and O–H groups in total. The lowest BCUT2D eigenvalue weighted by Crippen LogP contribution is -2.36. The van der Waals surface area contributed by atoms with Crippen LogP contribution in [0, 0.1) is 10.1 Å². The molecule has 0 heterocycles. The standard InChI is InChI=1S/C18H20N2O4/c1-13(2)19(12-14-7-5-4-6-8-14)18(21)15-9-10-17(24-3)16(11-15)20(22)23/h4-11,13H,12H2,1-3H3. The number of nitro benzene ring substituents is 1. The topological polar surface area (TPSA) is 72.7 Å². The van der Waals surface area contributed by atoms with Crippen LogP contribution in [0.15, 0.2) is 48.5 Å². The predicted octanol–water partition coefficient (Wildman–Crippen LogP) is 3.65. The molecule has 6 nitrogen and oxygen atoms in total. The van der Waals surface area contributed by atoms with Crippen molar-refractivity contribution in [1.82, 2.24) is 4.90 Å². The van der Waals surface area contributed by atoms with Crippen LogP contribution < -0.4 is 4.74 Å². The Morgan fingerprint density at radius 2 is 1.88 bits per heavy atom. The van der Waals surface area contributed by atoms with Crippen LogP contribution >= 0.6 is 0 Å². The molecule has 0 radical (unpaired) electrons. The van der Waals surface area contributed by atoms with Crippen LogP contribution in [0.25, 0.3) is 0 Å². The highest BCUT2D eigenvalue weighted by molar-refractivity contribution is 5.95. The van der Waals surface area contributed by atoms with Crippen molar-refractivity contribution < 1.29 is 14.5 Å². The van der Waals surface area contributed by atoms with Crippen LogP contribution in [0.2, 0.25) is 0 Å². The first kappa shape index (κ1) is 17.5. The Kier molecular flexibility index (Phi) is 5.52. The van der Waals surface area contributed by atoms with Gasteiger partial charge < -0.3 is 9.64 Å². The largest absolute Gasteiger partial charge is 0.490 e. The summed E-state index contributed by atoms with van der Waals surface area (Å²) in [5.74, 6) is -0.115. The lowest BCUT2D eigenvalue weighted by molar-refractivity contribution is -0.385. The van der Waals surface area contributed by atoms with E-state index < -0.39 is 4.92 Å². The molecule has 0 unspecified atom stereocenters. The molecule has 2 aromatic rings. The minimum Gasteiger partial charge on any atom is -0.490 e. The Bertz CT molecular complexity index is 729. The molecule has 0 aliphatic heterocycles. The van der Waals surface area contributed by atoms with Crippen LogP contribution in [0.3, 0.4) is 0 Å². The third kappa shape index (κ3) is 3.90.